The average Bonchev–Trinajstić information content (AvgIpc) is 2.75. The van der Waals surface area contributed by atoms with Crippen molar-refractivity contribution in [2.24, 2.45) is 5.92 Å². The summed E-state index contributed by atoms with van der Waals surface area (Å²) < 4.78 is 0. The molecule has 0 aromatic heterocycles. The Labute approximate surface area is 100.0 Å². The lowest BCUT2D eigenvalue weighted by Gasteiger charge is -2.15. The third kappa shape index (κ3) is 4.05. The Hall–Kier alpha value is -1.59. The lowest BCUT2D eigenvalue weighted by molar-refractivity contribution is -0.141. The third-order valence-corrected chi connectivity index (χ3v) is 2.80. The second-order valence-electron chi connectivity index (χ2n) is 4.19. The molecule has 0 aliphatic carbocycles. The van der Waals surface area contributed by atoms with E-state index in [4.69, 9.17) is 5.11 Å². The van der Waals surface area contributed by atoms with E-state index in [0.717, 1.165) is 6.42 Å². The lowest BCUT2D eigenvalue weighted by Crippen LogP contribution is -2.39. The molecular formula is C11H18N2O4. The van der Waals surface area contributed by atoms with Crippen LogP contribution in [0.3, 0.4) is 0 Å². The molecule has 2 amide bonds. The summed E-state index contributed by atoms with van der Waals surface area (Å²) in [5, 5.41) is 11.3. The highest BCUT2D eigenvalue weighted by Gasteiger charge is 2.30. The minimum atomic E-state index is -0.865. The van der Waals surface area contributed by atoms with Crippen molar-refractivity contribution >= 4 is 17.8 Å². The first kappa shape index (κ1) is 13.5. The molecule has 1 aliphatic rings. The van der Waals surface area contributed by atoms with Crippen molar-refractivity contribution in [2.45, 2.75) is 26.2 Å². The molecule has 2 N–H and O–H groups in total. The number of aliphatic carboxylic acids is 1. The first-order valence-corrected chi connectivity index (χ1v) is 5.81. The van der Waals surface area contributed by atoms with E-state index >= 15 is 0 Å². The zero-order valence-corrected chi connectivity index (χ0v) is 9.94. The van der Waals surface area contributed by atoms with Crippen LogP contribution in [0, 0.1) is 5.92 Å². The highest BCUT2D eigenvalue weighted by molar-refractivity contribution is 5.85. The van der Waals surface area contributed by atoms with Gasteiger partial charge in [0, 0.05) is 19.5 Å². The van der Waals surface area contributed by atoms with Gasteiger partial charge >= 0.3 is 5.97 Å². The number of hydrogen-bond acceptors (Lipinski definition) is 3. The normalized spacial score (nSPS) is 19.1. The van der Waals surface area contributed by atoms with E-state index in [-0.39, 0.29) is 24.9 Å². The van der Waals surface area contributed by atoms with Gasteiger partial charge in [-0.15, -0.1) is 0 Å². The molecule has 96 valence electrons. The van der Waals surface area contributed by atoms with Crippen LogP contribution in [-0.2, 0) is 14.4 Å². The smallest absolute Gasteiger partial charge is 0.308 e. The van der Waals surface area contributed by atoms with Crippen molar-refractivity contribution in [3.05, 3.63) is 0 Å². The molecule has 6 heteroatoms. The molecule has 17 heavy (non-hydrogen) atoms. The van der Waals surface area contributed by atoms with Crippen LogP contribution < -0.4 is 5.32 Å². The molecule has 0 aromatic carbocycles. The molecule has 0 aromatic rings. The Morgan fingerprint density at radius 3 is 2.65 bits per heavy atom. The highest BCUT2D eigenvalue weighted by atomic mass is 16.4. The van der Waals surface area contributed by atoms with E-state index in [1.54, 1.807) is 0 Å². The van der Waals surface area contributed by atoms with Crippen LogP contribution in [-0.4, -0.2) is 47.4 Å². The van der Waals surface area contributed by atoms with Crippen molar-refractivity contribution in [3.8, 4) is 0 Å². The highest BCUT2D eigenvalue weighted by Crippen LogP contribution is 2.15. The van der Waals surface area contributed by atoms with Crippen molar-refractivity contribution in [2.75, 3.05) is 19.6 Å². The summed E-state index contributed by atoms with van der Waals surface area (Å²) in [5.74, 6) is -1.69. The number of nitrogens with zero attached hydrogens (tertiary/aromatic N) is 1. The molecule has 6 nitrogen and oxygen atoms in total. The standard InChI is InChI=1S/C11H18N2O4/c1-2-3-9(14)12-6-10(15)13-5-4-8(7-13)11(16)17/h8H,2-7H2,1H3,(H,12,14)(H,16,17). The summed E-state index contributed by atoms with van der Waals surface area (Å²) in [6.45, 7) is 2.56. The van der Waals surface area contributed by atoms with Crippen LogP contribution in [0.4, 0.5) is 0 Å². The molecule has 1 heterocycles. The van der Waals surface area contributed by atoms with Crippen LogP contribution in [0.15, 0.2) is 0 Å². The fraction of sp³-hybridized carbons (Fsp3) is 0.727. The number of likely N-dealkylation sites (tertiary alicyclic amines) is 1. The van der Waals surface area contributed by atoms with Gasteiger partial charge in [-0.1, -0.05) is 6.92 Å². The van der Waals surface area contributed by atoms with Gasteiger partial charge in [0.15, 0.2) is 0 Å². The quantitative estimate of drug-likeness (QED) is 0.701. The molecular weight excluding hydrogens is 224 g/mol. The van der Waals surface area contributed by atoms with Gasteiger partial charge in [0.2, 0.25) is 11.8 Å². The fourth-order valence-corrected chi connectivity index (χ4v) is 1.79. The monoisotopic (exact) mass is 242 g/mol. The van der Waals surface area contributed by atoms with Gasteiger partial charge in [-0.3, -0.25) is 14.4 Å². The van der Waals surface area contributed by atoms with E-state index in [0.29, 0.717) is 19.4 Å². The van der Waals surface area contributed by atoms with E-state index in [9.17, 15) is 14.4 Å². The molecule has 0 saturated carbocycles. The van der Waals surface area contributed by atoms with E-state index in [1.165, 1.54) is 4.90 Å². The zero-order chi connectivity index (χ0) is 12.8. The number of rotatable bonds is 5. The number of hydrogen-bond donors (Lipinski definition) is 2. The van der Waals surface area contributed by atoms with Crippen LogP contribution in [0.2, 0.25) is 0 Å². The van der Waals surface area contributed by atoms with Gasteiger partial charge in [-0.25, -0.2) is 0 Å². The SMILES string of the molecule is CCCC(=O)NCC(=O)N1CCC(C(=O)O)C1. The van der Waals surface area contributed by atoms with Crippen LogP contribution in [0.25, 0.3) is 0 Å². The molecule has 1 fully saturated rings. The second-order valence-corrected chi connectivity index (χ2v) is 4.19. The van der Waals surface area contributed by atoms with Crippen molar-refractivity contribution in [1.82, 2.24) is 10.2 Å². The lowest BCUT2D eigenvalue weighted by atomic mass is 10.1. The Bertz CT molecular complexity index is 317. The molecule has 1 rings (SSSR count). The van der Waals surface area contributed by atoms with Crippen molar-refractivity contribution in [3.63, 3.8) is 0 Å². The first-order valence-electron chi connectivity index (χ1n) is 5.81. The number of carboxylic acid groups (broad SMARTS) is 1. The third-order valence-electron chi connectivity index (χ3n) is 2.80. The van der Waals surface area contributed by atoms with Crippen LogP contribution in [0.1, 0.15) is 26.2 Å². The maximum Gasteiger partial charge on any atom is 0.308 e. The van der Waals surface area contributed by atoms with E-state index in [1.807, 2.05) is 6.92 Å². The summed E-state index contributed by atoms with van der Waals surface area (Å²) in [6, 6.07) is 0. The number of nitrogens with one attached hydrogen (secondary N) is 1. The Morgan fingerprint density at radius 1 is 1.41 bits per heavy atom. The average molecular weight is 242 g/mol. The van der Waals surface area contributed by atoms with Crippen molar-refractivity contribution in [1.29, 1.82) is 0 Å². The second kappa shape index (κ2) is 6.22. The summed E-state index contributed by atoms with van der Waals surface area (Å²) in [5.41, 5.74) is 0. The van der Waals surface area contributed by atoms with E-state index < -0.39 is 11.9 Å². The number of carbonyl (C=O) groups is 3. The summed E-state index contributed by atoms with van der Waals surface area (Å²) in [6.07, 6.45) is 1.64. The van der Waals surface area contributed by atoms with Crippen LogP contribution >= 0.6 is 0 Å². The Morgan fingerprint density at radius 2 is 2.12 bits per heavy atom. The Kier molecular flexibility index (Phi) is 4.93. The molecule has 1 unspecified atom stereocenters. The van der Waals surface area contributed by atoms with Gasteiger partial charge < -0.3 is 15.3 Å². The number of carboxylic acids is 1. The van der Waals surface area contributed by atoms with Gasteiger partial charge in [0.1, 0.15) is 0 Å². The fourth-order valence-electron chi connectivity index (χ4n) is 1.79. The van der Waals surface area contributed by atoms with Crippen LogP contribution in [0.5, 0.6) is 0 Å². The minimum Gasteiger partial charge on any atom is -0.481 e. The Balaban J connectivity index is 2.30. The predicted octanol–water partition coefficient (Wildman–Crippen LogP) is -0.164. The summed E-state index contributed by atoms with van der Waals surface area (Å²) in [4.78, 5) is 35.0. The predicted molar refractivity (Wildman–Crippen MR) is 60.2 cm³/mol. The maximum absolute atomic E-state index is 11.6. The molecule has 0 spiro atoms. The van der Waals surface area contributed by atoms with Gasteiger partial charge in [0.25, 0.3) is 0 Å². The maximum atomic E-state index is 11.6. The number of amides is 2. The molecule has 1 aliphatic heterocycles. The number of carbonyl (C=O) groups excluding carboxylic acids is 2. The molecule has 0 bridgehead atoms. The molecule has 1 atom stereocenters. The van der Waals surface area contributed by atoms with Gasteiger partial charge in [-0.05, 0) is 12.8 Å². The topological polar surface area (TPSA) is 86.7 Å². The zero-order valence-electron chi connectivity index (χ0n) is 9.94. The van der Waals surface area contributed by atoms with Gasteiger partial charge in [-0.2, -0.15) is 0 Å². The molecule has 1 saturated heterocycles. The van der Waals surface area contributed by atoms with E-state index in [2.05, 4.69) is 5.32 Å². The largest absolute Gasteiger partial charge is 0.481 e. The first-order chi connectivity index (χ1) is 8.04. The summed E-state index contributed by atoms with van der Waals surface area (Å²) in [7, 11) is 0. The van der Waals surface area contributed by atoms with Gasteiger partial charge in [0.05, 0.1) is 12.5 Å². The van der Waals surface area contributed by atoms with Crippen molar-refractivity contribution < 1.29 is 19.5 Å². The summed E-state index contributed by atoms with van der Waals surface area (Å²) >= 11 is 0. The minimum absolute atomic E-state index is 0.0365. The molecule has 0 radical (unpaired) electrons.